The van der Waals surface area contributed by atoms with Gasteiger partial charge in [-0.3, -0.25) is 4.79 Å². The predicted molar refractivity (Wildman–Crippen MR) is 39.0 cm³/mol. The van der Waals surface area contributed by atoms with Crippen LogP contribution in [0.3, 0.4) is 0 Å². The Morgan fingerprint density at radius 2 is 2.45 bits per heavy atom. The van der Waals surface area contributed by atoms with Gasteiger partial charge in [-0.15, -0.1) is 4.68 Å². The molecule has 11 heavy (non-hydrogen) atoms. The molecule has 0 unspecified atom stereocenters. The fourth-order valence-corrected chi connectivity index (χ4v) is 1.03. The molecule has 0 N–H and O–H groups in total. The lowest BCUT2D eigenvalue weighted by atomic mass is 10.3. The summed E-state index contributed by atoms with van der Waals surface area (Å²) in [5.41, 5.74) is 0. The van der Waals surface area contributed by atoms with Gasteiger partial charge in [-0.1, -0.05) is 6.92 Å². The molecule has 60 valence electrons. The SMILES string of the molecule is CCC(=O)c1n(C)nc[n+]1C. The second kappa shape index (κ2) is 2.82. The molecule has 0 fully saturated rings. The Kier molecular flexibility index (Phi) is 2.03. The summed E-state index contributed by atoms with van der Waals surface area (Å²) in [5, 5.41) is 3.94. The molecule has 0 aliphatic heterocycles. The summed E-state index contributed by atoms with van der Waals surface area (Å²) >= 11 is 0. The van der Waals surface area contributed by atoms with Crippen molar-refractivity contribution >= 4 is 5.78 Å². The number of ketones is 1. The molecule has 0 saturated carbocycles. The van der Waals surface area contributed by atoms with Crippen molar-refractivity contribution in [2.75, 3.05) is 0 Å². The fourth-order valence-electron chi connectivity index (χ4n) is 1.03. The van der Waals surface area contributed by atoms with E-state index in [9.17, 15) is 4.79 Å². The maximum Gasteiger partial charge on any atom is 0.303 e. The third-order valence-corrected chi connectivity index (χ3v) is 1.61. The van der Waals surface area contributed by atoms with Gasteiger partial charge in [0, 0.05) is 11.5 Å². The van der Waals surface area contributed by atoms with E-state index >= 15 is 0 Å². The summed E-state index contributed by atoms with van der Waals surface area (Å²) in [7, 11) is 3.58. The van der Waals surface area contributed by atoms with Gasteiger partial charge in [0.1, 0.15) is 0 Å². The molecule has 1 aromatic heterocycles. The molecule has 1 heterocycles. The zero-order chi connectivity index (χ0) is 8.43. The van der Waals surface area contributed by atoms with E-state index in [0.717, 1.165) is 0 Å². The molecule has 0 aliphatic rings. The van der Waals surface area contributed by atoms with Crippen molar-refractivity contribution < 1.29 is 9.36 Å². The molecular weight excluding hydrogens is 142 g/mol. The average molecular weight is 154 g/mol. The van der Waals surface area contributed by atoms with Crippen molar-refractivity contribution in [2.24, 2.45) is 14.1 Å². The highest BCUT2D eigenvalue weighted by molar-refractivity contribution is 5.90. The number of carbonyl (C=O) groups is 1. The number of aromatic nitrogens is 3. The predicted octanol–water partition coefficient (Wildman–Crippen LogP) is -0.163. The van der Waals surface area contributed by atoms with Crippen LogP contribution in [-0.2, 0) is 14.1 Å². The first-order valence-corrected chi connectivity index (χ1v) is 3.57. The Labute approximate surface area is 65.5 Å². The minimum atomic E-state index is 0.118. The lowest BCUT2D eigenvalue weighted by molar-refractivity contribution is -0.674. The summed E-state index contributed by atoms with van der Waals surface area (Å²) in [6.07, 6.45) is 2.15. The molecule has 4 nitrogen and oxygen atoms in total. The Hall–Kier alpha value is -1.19. The van der Waals surface area contributed by atoms with Crippen molar-refractivity contribution in [2.45, 2.75) is 13.3 Å². The second-order valence-corrected chi connectivity index (χ2v) is 2.47. The van der Waals surface area contributed by atoms with Gasteiger partial charge < -0.3 is 0 Å². The van der Waals surface area contributed by atoms with Crippen molar-refractivity contribution in [3.63, 3.8) is 0 Å². The number of carbonyl (C=O) groups excluding carboxylic acids is 1. The van der Waals surface area contributed by atoms with Gasteiger partial charge in [-0.05, 0) is 0 Å². The lowest BCUT2D eigenvalue weighted by Crippen LogP contribution is -2.34. The highest BCUT2D eigenvalue weighted by atomic mass is 16.1. The van der Waals surface area contributed by atoms with Gasteiger partial charge in [0.25, 0.3) is 6.33 Å². The minimum absolute atomic E-state index is 0.118. The first-order chi connectivity index (χ1) is 5.16. The number of aryl methyl sites for hydroxylation is 2. The number of Topliss-reactive ketones (excluding diaryl/α,β-unsaturated/α-hetero) is 1. The van der Waals surface area contributed by atoms with Crippen molar-refractivity contribution in [3.05, 3.63) is 12.2 Å². The van der Waals surface area contributed by atoms with E-state index in [0.29, 0.717) is 12.2 Å². The zero-order valence-corrected chi connectivity index (χ0v) is 7.03. The van der Waals surface area contributed by atoms with Crippen LogP contribution in [0, 0.1) is 0 Å². The third-order valence-electron chi connectivity index (χ3n) is 1.61. The summed E-state index contributed by atoms with van der Waals surface area (Å²) in [6.45, 7) is 1.84. The van der Waals surface area contributed by atoms with E-state index in [-0.39, 0.29) is 5.78 Å². The molecule has 4 heteroatoms. The highest BCUT2D eigenvalue weighted by Gasteiger charge is 2.18. The van der Waals surface area contributed by atoms with E-state index in [1.54, 1.807) is 22.6 Å². The van der Waals surface area contributed by atoms with Gasteiger partial charge in [0.2, 0.25) is 5.78 Å². The van der Waals surface area contributed by atoms with Crippen LogP contribution in [0.2, 0.25) is 0 Å². The minimum Gasteiger partial charge on any atom is -0.287 e. The summed E-state index contributed by atoms with van der Waals surface area (Å²) in [4.78, 5) is 11.2. The van der Waals surface area contributed by atoms with E-state index in [1.165, 1.54) is 0 Å². The molecular formula is C7H12N3O+. The molecule has 0 amide bonds. The van der Waals surface area contributed by atoms with E-state index in [1.807, 2.05) is 14.0 Å². The number of nitrogens with zero attached hydrogens (tertiary/aromatic N) is 3. The van der Waals surface area contributed by atoms with Gasteiger partial charge >= 0.3 is 5.82 Å². The standard InChI is InChI=1S/C7H12N3O/c1-4-6(11)7-9(2)5-8-10(7)3/h5H,4H2,1-3H3/q+1. The van der Waals surface area contributed by atoms with Crippen molar-refractivity contribution in [1.82, 2.24) is 9.78 Å². The van der Waals surface area contributed by atoms with Gasteiger partial charge in [0.15, 0.2) is 0 Å². The average Bonchev–Trinajstić information content (AvgIpc) is 2.30. The molecule has 0 aliphatic carbocycles. The number of rotatable bonds is 2. The van der Waals surface area contributed by atoms with Crippen LogP contribution in [0.25, 0.3) is 0 Å². The van der Waals surface area contributed by atoms with Crippen LogP contribution < -0.4 is 4.57 Å². The Bertz CT molecular complexity index is 258. The molecule has 0 aromatic carbocycles. The largest absolute Gasteiger partial charge is 0.303 e. The topological polar surface area (TPSA) is 38.8 Å². The maximum atomic E-state index is 11.2. The first-order valence-electron chi connectivity index (χ1n) is 3.57. The summed E-state index contributed by atoms with van der Waals surface area (Å²) in [5.74, 6) is 0.764. The van der Waals surface area contributed by atoms with Crippen LogP contribution in [0.4, 0.5) is 0 Å². The fraction of sp³-hybridized carbons (Fsp3) is 0.571. The second-order valence-electron chi connectivity index (χ2n) is 2.47. The van der Waals surface area contributed by atoms with Crippen LogP contribution in [-0.4, -0.2) is 15.6 Å². The first kappa shape index (κ1) is 7.91. The van der Waals surface area contributed by atoms with Crippen LogP contribution in [0.5, 0.6) is 0 Å². The molecule has 1 rings (SSSR count). The monoisotopic (exact) mass is 154 g/mol. The van der Waals surface area contributed by atoms with Crippen LogP contribution >= 0.6 is 0 Å². The molecule has 0 atom stereocenters. The van der Waals surface area contributed by atoms with Crippen molar-refractivity contribution in [3.8, 4) is 0 Å². The van der Waals surface area contributed by atoms with Gasteiger partial charge in [0.05, 0.1) is 14.1 Å². The Balaban J connectivity index is 3.10. The third kappa shape index (κ3) is 1.29. The van der Waals surface area contributed by atoms with E-state index < -0.39 is 0 Å². The number of hydrogen-bond acceptors (Lipinski definition) is 2. The van der Waals surface area contributed by atoms with E-state index in [2.05, 4.69) is 5.10 Å². The van der Waals surface area contributed by atoms with Crippen molar-refractivity contribution in [1.29, 1.82) is 0 Å². The molecule has 0 spiro atoms. The zero-order valence-electron chi connectivity index (χ0n) is 7.03. The summed E-state index contributed by atoms with van der Waals surface area (Å²) in [6, 6.07) is 0. The molecule has 0 saturated heterocycles. The Morgan fingerprint density at radius 3 is 2.82 bits per heavy atom. The van der Waals surface area contributed by atoms with Crippen LogP contribution in [0.15, 0.2) is 6.33 Å². The van der Waals surface area contributed by atoms with Crippen LogP contribution in [0.1, 0.15) is 24.0 Å². The molecule has 0 bridgehead atoms. The van der Waals surface area contributed by atoms with E-state index in [4.69, 9.17) is 0 Å². The normalized spacial score (nSPS) is 10.1. The maximum absolute atomic E-state index is 11.2. The molecule has 1 aromatic rings. The highest BCUT2D eigenvalue weighted by Crippen LogP contribution is 1.93. The van der Waals surface area contributed by atoms with Gasteiger partial charge in [-0.2, -0.15) is 0 Å². The quantitative estimate of drug-likeness (QED) is 0.438. The smallest absolute Gasteiger partial charge is 0.287 e. The number of hydrogen-bond donors (Lipinski definition) is 0. The summed E-state index contributed by atoms with van der Waals surface area (Å²) < 4.78 is 3.32. The molecule has 0 radical (unpaired) electrons. The lowest BCUT2D eigenvalue weighted by Gasteiger charge is -1.91. The Morgan fingerprint density at radius 1 is 1.82 bits per heavy atom. The van der Waals surface area contributed by atoms with Gasteiger partial charge in [-0.25, -0.2) is 4.57 Å².